The lowest BCUT2D eigenvalue weighted by Crippen LogP contribution is -2.44. The van der Waals surface area contributed by atoms with Gasteiger partial charge in [-0.3, -0.25) is 14.2 Å². The Hall–Kier alpha value is -3.22. The zero-order chi connectivity index (χ0) is 20.0. The van der Waals surface area contributed by atoms with Gasteiger partial charge in [0.1, 0.15) is 11.9 Å². The number of aromatic nitrogens is 2. The molecule has 0 bridgehead atoms. The average molecular weight is 381 g/mol. The second kappa shape index (κ2) is 6.74. The lowest BCUT2D eigenvalue weighted by Gasteiger charge is -2.20. The van der Waals surface area contributed by atoms with Gasteiger partial charge in [0.15, 0.2) is 0 Å². The Morgan fingerprint density at radius 1 is 1.18 bits per heavy atom. The number of hydrogen-bond donors (Lipinski definition) is 1. The van der Waals surface area contributed by atoms with Crippen LogP contribution in [-0.2, 0) is 4.79 Å². The molecule has 7 heteroatoms. The SMILES string of the molecule is Cc1ccc2c(c1)c(=O)n(-c1ccccc1F)c(=O)n2C(C)C(=O)NC1CC1. The minimum Gasteiger partial charge on any atom is -0.352 e. The number of halogens is 1. The Balaban J connectivity index is 2.03. The van der Waals surface area contributed by atoms with Crippen LogP contribution in [0.3, 0.4) is 0 Å². The highest BCUT2D eigenvalue weighted by Gasteiger charge is 2.28. The molecule has 6 nitrogen and oxygen atoms in total. The maximum atomic E-state index is 14.4. The van der Waals surface area contributed by atoms with Gasteiger partial charge in [0, 0.05) is 6.04 Å². The van der Waals surface area contributed by atoms with Gasteiger partial charge in [-0.1, -0.05) is 23.8 Å². The third-order valence-electron chi connectivity index (χ3n) is 5.03. The largest absolute Gasteiger partial charge is 0.352 e. The highest BCUT2D eigenvalue weighted by molar-refractivity contribution is 5.85. The van der Waals surface area contributed by atoms with E-state index in [0.717, 1.165) is 23.0 Å². The molecule has 1 aliphatic rings. The summed E-state index contributed by atoms with van der Waals surface area (Å²) < 4.78 is 16.5. The number of fused-ring (bicyclic) bond motifs is 1. The quantitative estimate of drug-likeness (QED) is 0.754. The number of hydrogen-bond acceptors (Lipinski definition) is 3. The number of rotatable bonds is 4. The van der Waals surface area contributed by atoms with Crippen LogP contribution in [0, 0.1) is 12.7 Å². The Morgan fingerprint density at radius 2 is 1.89 bits per heavy atom. The first-order valence-corrected chi connectivity index (χ1v) is 9.21. The van der Waals surface area contributed by atoms with E-state index in [9.17, 15) is 18.8 Å². The van der Waals surface area contributed by atoms with Crippen molar-refractivity contribution in [3.8, 4) is 5.69 Å². The third-order valence-corrected chi connectivity index (χ3v) is 5.03. The molecule has 0 saturated heterocycles. The fourth-order valence-electron chi connectivity index (χ4n) is 3.34. The maximum absolute atomic E-state index is 14.4. The number of carbonyl (C=O) groups is 1. The van der Waals surface area contributed by atoms with Crippen LogP contribution < -0.4 is 16.6 Å². The summed E-state index contributed by atoms with van der Waals surface area (Å²) in [4.78, 5) is 39.0. The summed E-state index contributed by atoms with van der Waals surface area (Å²) in [6.07, 6.45) is 1.84. The molecule has 1 amide bonds. The summed E-state index contributed by atoms with van der Waals surface area (Å²) in [5.41, 5.74) is -0.314. The number of nitrogens with zero attached hydrogens (tertiary/aromatic N) is 2. The first kappa shape index (κ1) is 18.2. The summed E-state index contributed by atoms with van der Waals surface area (Å²) in [5, 5.41) is 3.14. The molecular formula is C21H20FN3O3. The van der Waals surface area contributed by atoms with E-state index in [1.54, 1.807) is 31.2 Å². The average Bonchev–Trinajstić information content (AvgIpc) is 3.47. The molecular weight excluding hydrogens is 361 g/mol. The minimum absolute atomic E-state index is 0.135. The van der Waals surface area contributed by atoms with Crippen LogP contribution >= 0.6 is 0 Å². The summed E-state index contributed by atoms with van der Waals surface area (Å²) in [7, 11) is 0. The number of carbonyl (C=O) groups excluding carboxylic acids is 1. The molecule has 1 saturated carbocycles. The van der Waals surface area contributed by atoms with Crippen molar-refractivity contribution in [2.45, 2.75) is 38.8 Å². The van der Waals surface area contributed by atoms with Crippen molar-refractivity contribution in [2.24, 2.45) is 0 Å². The van der Waals surface area contributed by atoms with Gasteiger partial charge in [0.25, 0.3) is 5.56 Å². The second-order valence-corrected chi connectivity index (χ2v) is 7.22. The summed E-state index contributed by atoms with van der Waals surface area (Å²) in [6, 6.07) is 9.97. The standard InChI is InChI=1S/C21H20FN3O3/c1-12-7-10-17-15(11-12)20(27)25(18-6-4-3-5-16(18)22)21(28)24(17)13(2)19(26)23-14-8-9-14/h3-7,10-11,13-14H,8-9H2,1-2H3,(H,23,26). The number of para-hydroxylation sites is 1. The Morgan fingerprint density at radius 3 is 2.57 bits per heavy atom. The molecule has 0 radical (unpaired) electrons. The molecule has 2 aromatic carbocycles. The van der Waals surface area contributed by atoms with Gasteiger partial charge in [0.2, 0.25) is 5.91 Å². The Kier molecular flexibility index (Phi) is 4.37. The molecule has 0 aliphatic heterocycles. The van der Waals surface area contributed by atoms with E-state index < -0.39 is 23.1 Å². The van der Waals surface area contributed by atoms with Crippen molar-refractivity contribution in [1.82, 2.24) is 14.5 Å². The lowest BCUT2D eigenvalue weighted by atomic mass is 10.1. The van der Waals surface area contributed by atoms with E-state index in [0.29, 0.717) is 5.52 Å². The number of amides is 1. The highest BCUT2D eigenvalue weighted by atomic mass is 19.1. The summed E-state index contributed by atoms with van der Waals surface area (Å²) >= 11 is 0. The van der Waals surface area contributed by atoms with Gasteiger partial charge in [-0.2, -0.15) is 0 Å². The molecule has 3 aromatic rings. The van der Waals surface area contributed by atoms with E-state index in [-0.39, 0.29) is 23.0 Å². The van der Waals surface area contributed by atoms with Crippen LogP contribution in [0.2, 0.25) is 0 Å². The first-order chi connectivity index (χ1) is 13.4. The number of nitrogens with one attached hydrogen (secondary N) is 1. The van der Waals surface area contributed by atoms with Gasteiger partial charge in [-0.05, 0) is 51.0 Å². The fraction of sp³-hybridized carbons (Fsp3) is 0.286. The van der Waals surface area contributed by atoms with Gasteiger partial charge in [-0.25, -0.2) is 13.8 Å². The molecule has 4 rings (SSSR count). The lowest BCUT2D eigenvalue weighted by molar-refractivity contribution is -0.124. The van der Waals surface area contributed by atoms with Crippen molar-refractivity contribution in [1.29, 1.82) is 0 Å². The Labute approximate surface area is 160 Å². The molecule has 1 fully saturated rings. The molecule has 1 unspecified atom stereocenters. The molecule has 28 heavy (non-hydrogen) atoms. The van der Waals surface area contributed by atoms with Crippen LogP contribution in [-0.4, -0.2) is 21.1 Å². The molecule has 1 atom stereocenters. The van der Waals surface area contributed by atoms with Crippen molar-refractivity contribution in [2.75, 3.05) is 0 Å². The van der Waals surface area contributed by atoms with E-state index >= 15 is 0 Å². The molecule has 1 aromatic heterocycles. The maximum Gasteiger partial charge on any atom is 0.336 e. The molecule has 144 valence electrons. The molecule has 1 aliphatic carbocycles. The zero-order valence-corrected chi connectivity index (χ0v) is 15.6. The molecule has 1 heterocycles. The van der Waals surface area contributed by atoms with E-state index in [4.69, 9.17) is 0 Å². The topological polar surface area (TPSA) is 73.1 Å². The predicted octanol–water partition coefficient (Wildman–Crippen LogP) is 2.44. The monoisotopic (exact) mass is 381 g/mol. The van der Waals surface area contributed by atoms with E-state index in [2.05, 4.69) is 5.32 Å². The third kappa shape index (κ3) is 3.02. The zero-order valence-electron chi connectivity index (χ0n) is 15.6. The minimum atomic E-state index is -0.850. The predicted molar refractivity (Wildman–Crippen MR) is 104 cm³/mol. The highest BCUT2D eigenvalue weighted by Crippen LogP contribution is 2.21. The van der Waals surface area contributed by atoms with Gasteiger partial charge >= 0.3 is 5.69 Å². The van der Waals surface area contributed by atoms with Gasteiger partial charge < -0.3 is 5.32 Å². The fourth-order valence-corrected chi connectivity index (χ4v) is 3.34. The molecule has 0 spiro atoms. The van der Waals surface area contributed by atoms with Crippen molar-refractivity contribution < 1.29 is 9.18 Å². The van der Waals surface area contributed by atoms with Crippen molar-refractivity contribution in [3.05, 3.63) is 74.7 Å². The van der Waals surface area contributed by atoms with Crippen molar-refractivity contribution >= 4 is 16.8 Å². The molecule has 1 N–H and O–H groups in total. The van der Waals surface area contributed by atoms with Crippen LogP contribution in [0.4, 0.5) is 4.39 Å². The van der Waals surface area contributed by atoms with E-state index in [1.165, 1.54) is 22.8 Å². The van der Waals surface area contributed by atoms with Gasteiger partial charge in [-0.15, -0.1) is 0 Å². The van der Waals surface area contributed by atoms with Crippen LogP contribution in [0.25, 0.3) is 16.6 Å². The van der Waals surface area contributed by atoms with Crippen molar-refractivity contribution in [3.63, 3.8) is 0 Å². The summed E-state index contributed by atoms with van der Waals surface area (Å²) in [5.74, 6) is -0.986. The van der Waals surface area contributed by atoms with Gasteiger partial charge in [0.05, 0.1) is 16.6 Å². The smallest absolute Gasteiger partial charge is 0.336 e. The van der Waals surface area contributed by atoms with Crippen LogP contribution in [0.15, 0.2) is 52.1 Å². The van der Waals surface area contributed by atoms with Crippen LogP contribution in [0.1, 0.15) is 31.4 Å². The van der Waals surface area contributed by atoms with E-state index in [1.807, 2.05) is 6.92 Å². The normalized spacial score (nSPS) is 14.8. The number of aryl methyl sites for hydroxylation is 1. The van der Waals surface area contributed by atoms with Crippen LogP contribution in [0.5, 0.6) is 0 Å². The Bertz CT molecular complexity index is 1210. The summed E-state index contributed by atoms with van der Waals surface area (Å²) in [6.45, 7) is 3.43. The number of benzene rings is 2. The first-order valence-electron chi connectivity index (χ1n) is 9.21. The second-order valence-electron chi connectivity index (χ2n) is 7.22.